The SMILES string of the molecule is CO[C@H]1O[C@H](CO[C@@H]2O[C@H](COCc3ccccc3)[C@@H](OCc3ccccc3)[C@H](OCc3ccccc3)[C@H]2OCc2ccccc2)[C@@H](OC(C)=O)[C@H](OC(C)=O)[C@H]1OC(C)=O. The highest BCUT2D eigenvalue weighted by Gasteiger charge is 2.54. The van der Waals surface area contributed by atoms with E-state index < -0.39 is 79.3 Å². The molecule has 4 aromatic carbocycles. The first-order valence-corrected chi connectivity index (χ1v) is 20.2. The number of hydrogen-bond donors (Lipinski definition) is 0. The lowest BCUT2D eigenvalue weighted by Gasteiger charge is -2.47. The molecule has 10 atom stereocenters. The zero-order valence-corrected chi connectivity index (χ0v) is 34.8. The van der Waals surface area contributed by atoms with Gasteiger partial charge in [0.1, 0.15) is 30.5 Å². The number of methoxy groups -OCH3 is 1. The van der Waals surface area contributed by atoms with Crippen molar-refractivity contribution in [1.29, 1.82) is 0 Å². The van der Waals surface area contributed by atoms with Crippen molar-refractivity contribution in [3.8, 4) is 0 Å². The number of hydrogen-bond acceptors (Lipinski definition) is 14. The van der Waals surface area contributed by atoms with Crippen molar-refractivity contribution < 1.29 is 66.5 Å². The second kappa shape index (κ2) is 23.3. The summed E-state index contributed by atoms with van der Waals surface area (Å²) in [5, 5.41) is 0. The van der Waals surface area contributed by atoms with Crippen molar-refractivity contribution in [3.05, 3.63) is 144 Å². The van der Waals surface area contributed by atoms with Crippen LogP contribution in [-0.4, -0.2) is 99.6 Å². The fraction of sp³-hybridized carbons (Fsp3) is 0.426. The largest absolute Gasteiger partial charge is 0.456 e. The summed E-state index contributed by atoms with van der Waals surface area (Å²) in [4.78, 5) is 37.1. The lowest BCUT2D eigenvalue weighted by Crippen LogP contribution is -2.64. The molecule has 2 aliphatic heterocycles. The molecule has 2 fully saturated rings. The van der Waals surface area contributed by atoms with Crippen molar-refractivity contribution in [3.63, 3.8) is 0 Å². The Kier molecular flexibility index (Phi) is 17.3. The quantitative estimate of drug-likeness (QED) is 0.0771. The fourth-order valence-corrected chi connectivity index (χ4v) is 7.25. The van der Waals surface area contributed by atoms with E-state index in [-0.39, 0.29) is 33.0 Å². The predicted molar refractivity (Wildman–Crippen MR) is 218 cm³/mol. The van der Waals surface area contributed by atoms with E-state index in [4.69, 9.17) is 52.1 Å². The van der Waals surface area contributed by atoms with E-state index in [0.29, 0.717) is 6.61 Å². The van der Waals surface area contributed by atoms with Crippen molar-refractivity contribution >= 4 is 17.9 Å². The highest BCUT2D eigenvalue weighted by atomic mass is 16.8. The Bertz CT molecular complexity index is 1920. The molecule has 0 N–H and O–H groups in total. The van der Waals surface area contributed by atoms with Crippen LogP contribution in [-0.2, 0) is 92.9 Å². The number of carbonyl (C=O) groups is 3. The maximum atomic E-state index is 12.5. The van der Waals surface area contributed by atoms with E-state index in [1.54, 1.807) is 0 Å². The molecule has 2 aliphatic rings. The maximum absolute atomic E-state index is 12.5. The first kappa shape index (κ1) is 45.5. The summed E-state index contributed by atoms with van der Waals surface area (Å²) in [6.07, 6.45) is -10.6. The van der Waals surface area contributed by atoms with E-state index >= 15 is 0 Å². The van der Waals surface area contributed by atoms with E-state index in [0.717, 1.165) is 22.3 Å². The van der Waals surface area contributed by atoms with Gasteiger partial charge in [0.2, 0.25) is 0 Å². The van der Waals surface area contributed by atoms with Crippen LogP contribution in [0.4, 0.5) is 0 Å². The van der Waals surface area contributed by atoms with Gasteiger partial charge >= 0.3 is 17.9 Å². The molecular weight excluding hydrogens is 789 g/mol. The maximum Gasteiger partial charge on any atom is 0.303 e. The van der Waals surface area contributed by atoms with Crippen molar-refractivity contribution in [2.45, 2.75) is 109 Å². The van der Waals surface area contributed by atoms with E-state index in [1.807, 2.05) is 121 Å². The van der Waals surface area contributed by atoms with E-state index in [1.165, 1.54) is 27.9 Å². The summed E-state index contributed by atoms with van der Waals surface area (Å²) < 4.78 is 68.7. The molecule has 0 aromatic heterocycles. The minimum atomic E-state index is -1.31. The summed E-state index contributed by atoms with van der Waals surface area (Å²) in [5.74, 6) is -2.10. The van der Waals surface area contributed by atoms with Crippen LogP contribution in [0.1, 0.15) is 43.0 Å². The zero-order valence-electron chi connectivity index (χ0n) is 34.8. The predicted octanol–water partition coefficient (Wildman–Crippen LogP) is 5.87. The van der Waals surface area contributed by atoms with Gasteiger partial charge in [-0.1, -0.05) is 121 Å². The Balaban J connectivity index is 1.35. The molecular formula is C47H54O14. The monoisotopic (exact) mass is 842 g/mol. The Morgan fingerprint density at radius 3 is 1.30 bits per heavy atom. The third kappa shape index (κ3) is 13.5. The molecule has 0 aliphatic carbocycles. The lowest BCUT2D eigenvalue weighted by molar-refractivity contribution is -0.344. The first-order valence-electron chi connectivity index (χ1n) is 20.2. The molecule has 2 saturated heterocycles. The molecule has 0 amide bonds. The molecule has 14 nitrogen and oxygen atoms in total. The van der Waals surface area contributed by atoms with Crippen LogP contribution in [0.2, 0.25) is 0 Å². The summed E-state index contributed by atoms with van der Waals surface area (Å²) in [7, 11) is 1.35. The highest BCUT2D eigenvalue weighted by Crippen LogP contribution is 2.34. The van der Waals surface area contributed by atoms with Crippen LogP contribution in [0.3, 0.4) is 0 Å². The minimum absolute atomic E-state index is 0.0884. The molecule has 326 valence electrons. The fourth-order valence-electron chi connectivity index (χ4n) is 7.25. The van der Waals surface area contributed by atoms with Gasteiger partial charge in [-0.05, 0) is 22.3 Å². The van der Waals surface area contributed by atoms with Gasteiger partial charge in [0.25, 0.3) is 0 Å². The second-order valence-corrected chi connectivity index (χ2v) is 14.7. The molecule has 0 unspecified atom stereocenters. The van der Waals surface area contributed by atoms with Gasteiger partial charge in [0, 0.05) is 27.9 Å². The molecule has 61 heavy (non-hydrogen) atoms. The molecule has 4 aromatic rings. The molecule has 14 heteroatoms. The third-order valence-corrected chi connectivity index (χ3v) is 10.00. The normalized spacial score (nSPS) is 26.2. The Morgan fingerprint density at radius 2 is 0.820 bits per heavy atom. The lowest BCUT2D eigenvalue weighted by atomic mass is 9.97. The van der Waals surface area contributed by atoms with Crippen molar-refractivity contribution in [1.82, 2.24) is 0 Å². The van der Waals surface area contributed by atoms with Crippen LogP contribution in [0.5, 0.6) is 0 Å². The Hall–Kier alpha value is -5.03. The summed E-state index contributed by atoms with van der Waals surface area (Å²) in [6, 6.07) is 39.0. The highest BCUT2D eigenvalue weighted by molar-refractivity contribution is 5.68. The number of benzene rings is 4. The molecule has 0 spiro atoms. The Morgan fingerprint density at radius 1 is 0.426 bits per heavy atom. The van der Waals surface area contributed by atoms with Crippen molar-refractivity contribution in [2.24, 2.45) is 0 Å². The van der Waals surface area contributed by atoms with Gasteiger partial charge in [-0.3, -0.25) is 14.4 Å². The van der Waals surface area contributed by atoms with Crippen LogP contribution in [0, 0.1) is 0 Å². The third-order valence-electron chi connectivity index (χ3n) is 10.00. The van der Waals surface area contributed by atoms with Crippen LogP contribution < -0.4 is 0 Å². The zero-order chi connectivity index (χ0) is 43.0. The second-order valence-electron chi connectivity index (χ2n) is 14.7. The van der Waals surface area contributed by atoms with Crippen molar-refractivity contribution in [2.75, 3.05) is 20.3 Å². The average molecular weight is 843 g/mol. The van der Waals surface area contributed by atoms with Crippen LogP contribution in [0.15, 0.2) is 121 Å². The van der Waals surface area contributed by atoms with Gasteiger partial charge in [-0.25, -0.2) is 0 Å². The molecule has 0 saturated carbocycles. The summed E-state index contributed by atoms with van der Waals surface area (Å²) in [5.41, 5.74) is 3.74. The molecule has 0 bridgehead atoms. The molecule has 0 radical (unpaired) electrons. The standard InChI is InChI=1S/C47H54O14/c1-31(48)57-41-39(60-46(51-4)45(59-33(3)50)43(41)58-32(2)49)30-56-47-44(55-28-37-23-15-8-16-24-37)42(54-27-36-21-13-7-14-22-36)40(53-26-35-19-11-6-12-20-35)38(61-47)29-52-25-34-17-9-5-10-18-34/h5-24,38-47H,25-30H2,1-4H3/t38-,39-,40-,41-,42+,43+,44-,45-,46+,47-/m1/s1. The minimum Gasteiger partial charge on any atom is -0.456 e. The number of carbonyl (C=O) groups excluding carboxylic acids is 3. The van der Waals surface area contributed by atoms with E-state index in [2.05, 4.69) is 0 Å². The van der Waals surface area contributed by atoms with Gasteiger partial charge < -0.3 is 52.1 Å². The summed E-state index contributed by atoms with van der Waals surface area (Å²) in [6.45, 7) is 4.30. The van der Waals surface area contributed by atoms with Gasteiger partial charge in [-0.15, -0.1) is 0 Å². The first-order chi connectivity index (χ1) is 29.7. The average Bonchev–Trinajstić information content (AvgIpc) is 3.26. The number of esters is 3. The molecule has 2 heterocycles. The molecule has 6 rings (SSSR count). The topological polar surface area (TPSA) is 153 Å². The van der Waals surface area contributed by atoms with Gasteiger partial charge in [0.15, 0.2) is 30.9 Å². The van der Waals surface area contributed by atoms with E-state index in [9.17, 15) is 14.4 Å². The number of ether oxygens (including phenoxy) is 11. The number of rotatable bonds is 20. The van der Waals surface area contributed by atoms with Gasteiger partial charge in [-0.2, -0.15) is 0 Å². The smallest absolute Gasteiger partial charge is 0.303 e. The van der Waals surface area contributed by atoms with Gasteiger partial charge in [0.05, 0.1) is 39.6 Å². The van der Waals surface area contributed by atoms with Crippen LogP contribution >= 0.6 is 0 Å². The Labute approximate surface area is 356 Å². The summed E-state index contributed by atoms with van der Waals surface area (Å²) >= 11 is 0. The van der Waals surface area contributed by atoms with Crippen LogP contribution in [0.25, 0.3) is 0 Å².